The Kier molecular flexibility index (Phi) is 4.63. The van der Waals surface area contributed by atoms with E-state index in [1.54, 1.807) is 48.7 Å². The molecule has 0 aliphatic carbocycles. The number of amides is 2. The number of hydrogen-bond donors (Lipinski definition) is 3. The molecule has 0 saturated heterocycles. The van der Waals surface area contributed by atoms with Crippen LogP contribution < -0.4 is 16.4 Å². The van der Waals surface area contributed by atoms with E-state index in [0.717, 1.165) is 5.56 Å². The molecule has 2 aromatic rings. The number of nitrogen functional groups attached to an aromatic ring is 1. The second kappa shape index (κ2) is 6.63. The first-order valence-corrected chi connectivity index (χ1v) is 6.36. The third-order valence-electron chi connectivity index (χ3n) is 2.51. The maximum absolute atomic E-state index is 11.6. The Balaban J connectivity index is 1.87. The highest BCUT2D eigenvalue weighted by Gasteiger charge is 1.98. The van der Waals surface area contributed by atoms with Crippen LogP contribution >= 0.6 is 11.6 Å². The molecular weight excluding hydrogens is 274 g/mol. The summed E-state index contributed by atoms with van der Waals surface area (Å²) in [6.45, 7) is 0. The molecule has 0 aliphatic heterocycles. The van der Waals surface area contributed by atoms with E-state index in [1.165, 1.54) is 0 Å². The third-order valence-corrected chi connectivity index (χ3v) is 2.74. The van der Waals surface area contributed by atoms with Crippen LogP contribution in [0.25, 0.3) is 6.08 Å². The van der Waals surface area contributed by atoms with E-state index in [-0.39, 0.29) is 6.03 Å². The average Bonchev–Trinajstić information content (AvgIpc) is 2.41. The summed E-state index contributed by atoms with van der Waals surface area (Å²) in [7, 11) is 0. The first-order valence-electron chi connectivity index (χ1n) is 5.99. The van der Waals surface area contributed by atoms with Crippen LogP contribution in [0, 0.1) is 0 Å². The van der Waals surface area contributed by atoms with Crippen molar-refractivity contribution in [3.8, 4) is 0 Å². The maximum atomic E-state index is 11.6. The number of rotatable bonds is 3. The molecule has 2 amide bonds. The third kappa shape index (κ3) is 4.33. The normalized spacial score (nSPS) is 10.4. The lowest BCUT2D eigenvalue weighted by molar-refractivity contribution is 0.255. The van der Waals surface area contributed by atoms with Gasteiger partial charge in [0.15, 0.2) is 0 Å². The first-order chi connectivity index (χ1) is 9.63. The molecule has 0 atom stereocenters. The molecule has 4 N–H and O–H groups in total. The van der Waals surface area contributed by atoms with Crippen molar-refractivity contribution in [3.05, 3.63) is 65.3 Å². The van der Waals surface area contributed by atoms with Crippen molar-refractivity contribution in [1.82, 2.24) is 5.32 Å². The van der Waals surface area contributed by atoms with E-state index in [1.807, 2.05) is 12.1 Å². The number of carbonyl (C=O) groups excluding carboxylic acids is 1. The van der Waals surface area contributed by atoms with Gasteiger partial charge in [-0.2, -0.15) is 0 Å². The Morgan fingerprint density at radius 2 is 1.90 bits per heavy atom. The molecule has 0 radical (unpaired) electrons. The van der Waals surface area contributed by atoms with E-state index in [4.69, 9.17) is 17.3 Å². The summed E-state index contributed by atoms with van der Waals surface area (Å²) in [6, 6.07) is 13.9. The molecular formula is C15H14ClN3O. The molecule has 20 heavy (non-hydrogen) atoms. The molecule has 5 heteroatoms. The van der Waals surface area contributed by atoms with Crippen molar-refractivity contribution in [3.63, 3.8) is 0 Å². The fourth-order valence-electron chi connectivity index (χ4n) is 1.56. The lowest BCUT2D eigenvalue weighted by Gasteiger charge is -2.04. The van der Waals surface area contributed by atoms with Gasteiger partial charge >= 0.3 is 6.03 Å². The van der Waals surface area contributed by atoms with Crippen LogP contribution in [0.2, 0.25) is 5.02 Å². The molecule has 2 aromatic carbocycles. The van der Waals surface area contributed by atoms with Crippen molar-refractivity contribution >= 4 is 35.1 Å². The standard InChI is InChI=1S/C15H14ClN3O/c16-12-3-1-2-11(10-12)8-9-18-15(20)19-14-6-4-13(17)5-7-14/h1-10H,17H2,(H2,18,19,20)/b9-8+. The van der Waals surface area contributed by atoms with Gasteiger partial charge in [0, 0.05) is 22.6 Å². The SMILES string of the molecule is Nc1ccc(NC(=O)N/C=C/c2cccc(Cl)c2)cc1. The van der Waals surface area contributed by atoms with Crippen LogP contribution in [0.3, 0.4) is 0 Å². The minimum atomic E-state index is -0.326. The van der Waals surface area contributed by atoms with Gasteiger partial charge in [-0.15, -0.1) is 0 Å². The predicted octanol–water partition coefficient (Wildman–Crippen LogP) is 3.71. The number of nitrogens with one attached hydrogen (secondary N) is 2. The summed E-state index contributed by atoms with van der Waals surface area (Å²) in [4.78, 5) is 11.6. The van der Waals surface area contributed by atoms with Gasteiger partial charge < -0.3 is 16.4 Å². The first kappa shape index (κ1) is 14.0. The van der Waals surface area contributed by atoms with Gasteiger partial charge in [0.1, 0.15) is 0 Å². The van der Waals surface area contributed by atoms with Crippen LogP contribution in [-0.4, -0.2) is 6.03 Å². The fourth-order valence-corrected chi connectivity index (χ4v) is 1.76. The summed E-state index contributed by atoms with van der Waals surface area (Å²) >= 11 is 5.86. The summed E-state index contributed by atoms with van der Waals surface area (Å²) < 4.78 is 0. The fraction of sp³-hybridized carbons (Fsp3) is 0. The number of halogens is 1. The molecule has 0 spiro atoms. The molecule has 0 saturated carbocycles. The number of anilines is 2. The van der Waals surface area contributed by atoms with Crippen LogP contribution in [0.4, 0.5) is 16.2 Å². The number of carbonyl (C=O) groups is 1. The smallest absolute Gasteiger partial charge is 0.323 e. The second-order valence-corrected chi connectivity index (χ2v) is 4.55. The Bertz CT molecular complexity index is 623. The Hall–Kier alpha value is -2.46. The lowest BCUT2D eigenvalue weighted by Crippen LogP contribution is -2.23. The van der Waals surface area contributed by atoms with Gasteiger partial charge in [0.05, 0.1) is 0 Å². The molecule has 2 rings (SSSR count). The van der Waals surface area contributed by atoms with Crippen molar-refractivity contribution in [2.45, 2.75) is 0 Å². The van der Waals surface area contributed by atoms with E-state index in [2.05, 4.69) is 10.6 Å². The zero-order valence-electron chi connectivity index (χ0n) is 10.6. The van der Waals surface area contributed by atoms with E-state index >= 15 is 0 Å². The number of benzene rings is 2. The largest absolute Gasteiger partial charge is 0.399 e. The molecule has 0 aliphatic rings. The Labute approximate surface area is 122 Å². The zero-order valence-corrected chi connectivity index (χ0v) is 11.4. The highest BCUT2D eigenvalue weighted by Crippen LogP contribution is 2.12. The summed E-state index contributed by atoms with van der Waals surface area (Å²) in [5.74, 6) is 0. The minimum absolute atomic E-state index is 0.326. The summed E-state index contributed by atoms with van der Waals surface area (Å²) in [6.07, 6.45) is 3.31. The van der Waals surface area contributed by atoms with E-state index < -0.39 is 0 Å². The van der Waals surface area contributed by atoms with Crippen molar-refractivity contribution < 1.29 is 4.79 Å². The maximum Gasteiger partial charge on any atom is 0.323 e. The van der Waals surface area contributed by atoms with Crippen LogP contribution in [0.1, 0.15) is 5.56 Å². The van der Waals surface area contributed by atoms with Gasteiger partial charge in [0.25, 0.3) is 0 Å². The Morgan fingerprint density at radius 3 is 2.60 bits per heavy atom. The predicted molar refractivity (Wildman–Crippen MR) is 83.5 cm³/mol. The molecule has 102 valence electrons. The zero-order chi connectivity index (χ0) is 14.4. The Morgan fingerprint density at radius 1 is 1.15 bits per heavy atom. The highest BCUT2D eigenvalue weighted by molar-refractivity contribution is 6.30. The topological polar surface area (TPSA) is 67.1 Å². The summed E-state index contributed by atoms with van der Waals surface area (Å²) in [5, 5.41) is 5.94. The van der Waals surface area contributed by atoms with Crippen molar-refractivity contribution in [1.29, 1.82) is 0 Å². The van der Waals surface area contributed by atoms with Gasteiger partial charge in [-0.1, -0.05) is 23.7 Å². The number of nitrogens with two attached hydrogens (primary N) is 1. The lowest BCUT2D eigenvalue weighted by atomic mass is 10.2. The second-order valence-electron chi connectivity index (χ2n) is 4.11. The molecule has 4 nitrogen and oxygen atoms in total. The van der Waals surface area contributed by atoms with Crippen LogP contribution in [0.5, 0.6) is 0 Å². The van der Waals surface area contributed by atoms with Crippen molar-refractivity contribution in [2.24, 2.45) is 0 Å². The van der Waals surface area contributed by atoms with Gasteiger partial charge in [-0.25, -0.2) is 4.79 Å². The highest BCUT2D eigenvalue weighted by atomic mass is 35.5. The van der Waals surface area contributed by atoms with Crippen molar-refractivity contribution in [2.75, 3.05) is 11.1 Å². The van der Waals surface area contributed by atoms with E-state index in [0.29, 0.717) is 16.4 Å². The monoisotopic (exact) mass is 287 g/mol. The molecule has 0 fully saturated rings. The molecule has 0 unspecified atom stereocenters. The average molecular weight is 288 g/mol. The number of hydrogen-bond acceptors (Lipinski definition) is 2. The van der Waals surface area contributed by atoms with Gasteiger partial charge in [0.2, 0.25) is 0 Å². The van der Waals surface area contributed by atoms with Crippen LogP contribution in [0.15, 0.2) is 54.7 Å². The molecule has 0 heterocycles. The minimum Gasteiger partial charge on any atom is -0.399 e. The van der Waals surface area contributed by atoms with Crippen LogP contribution in [-0.2, 0) is 0 Å². The number of urea groups is 1. The van der Waals surface area contributed by atoms with E-state index in [9.17, 15) is 4.79 Å². The van der Waals surface area contributed by atoms with Gasteiger partial charge in [-0.05, 0) is 48.0 Å². The molecule has 0 aromatic heterocycles. The summed E-state index contributed by atoms with van der Waals surface area (Å²) in [5.41, 5.74) is 7.80. The quantitative estimate of drug-likeness (QED) is 0.753. The van der Waals surface area contributed by atoms with Gasteiger partial charge in [-0.3, -0.25) is 0 Å². The molecule has 0 bridgehead atoms.